The Morgan fingerprint density at radius 3 is 2.48 bits per heavy atom. The zero-order valence-corrected chi connectivity index (χ0v) is 18.0. The molecule has 3 aromatic carbocycles. The average molecular weight is 427 g/mol. The molecule has 4 nitrogen and oxygen atoms in total. The molecule has 3 aromatic rings. The number of benzene rings is 3. The average Bonchev–Trinajstić information content (AvgIpc) is 2.78. The molecular formula is C26H23ClN4. The van der Waals surface area contributed by atoms with Crippen LogP contribution in [-0.4, -0.2) is 5.84 Å². The molecule has 0 saturated heterocycles. The maximum absolute atomic E-state index is 10.1. The first-order valence-corrected chi connectivity index (χ1v) is 10.6. The Bertz CT molecular complexity index is 1290. The van der Waals surface area contributed by atoms with Gasteiger partial charge in [-0.2, -0.15) is 5.26 Å². The number of nitriles is 1. The highest BCUT2D eigenvalue weighted by atomic mass is 35.5. The van der Waals surface area contributed by atoms with Crippen LogP contribution in [0, 0.1) is 11.3 Å². The summed E-state index contributed by atoms with van der Waals surface area (Å²) in [6.07, 6.45) is 1.51. The first kappa shape index (κ1) is 20.7. The van der Waals surface area contributed by atoms with Gasteiger partial charge in [-0.25, -0.2) is 4.99 Å². The predicted molar refractivity (Wildman–Crippen MR) is 128 cm³/mol. The number of allylic oxidation sites excluding steroid dienone is 2. The van der Waals surface area contributed by atoms with Crippen LogP contribution < -0.4 is 11.5 Å². The van der Waals surface area contributed by atoms with E-state index in [9.17, 15) is 5.26 Å². The normalized spacial score (nSPS) is 18.0. The summed E-state index contributed by atoms with van der Waals surface area (Å²) in [5.41, 5.74) is 17.2. The summed E-state index contributed by atoms with van der Waals surface area (Å²) >= 11 is 6.57. The van der Waals surface area contributed by atoms with Crippen LogP contribution in [0.3, 0.4) is 0 Å². The van der Waals surface area contributed by atoms with E-state index in [1.807, 2.05) is 67.6 Å². The number of hydrogen-bond acceptors (Lipinski definition) is 4. The Kier molecular flexibility index (Phi) is 5.79. The fourth-order valence-corrected chi connectivity index (χ4v) is 4.35. The van der Waals surface area contributed by atoms with Crippen LogP contribution in [0.5, 0.6) is 0 Å². The summed E-state index contributed by atoms with van der Waals surface area (Å²) in [6, 6.07) is 24.0. The SMILES string of the molecule is CCCC1=C(C#N)C(c2ccccc2Cl)C(=C(N)c2ccc3ccccc3c2)C(N)=N1. The van der Waals surface area contributed by atoms with Gasteiger partial charge in [0, 0.05) is 16.3 Å². The van der Waals surface area contributed by atoms with E-state index in [2.05, 4.69) is 17.1 Å². The van der Waals surface area contributed by atoms with Crippen molar-refractivity contribution < 1.29 is 0 Å². The van der Waals surface area contributed by atoms with Crippen molar-refractivity contribution in [3.05, 3.63) is 99.7 Å². The number of amidine groups is 1. The highest BCUT2D eigenvalue weighted by molar-refractivity contribution is 6.31. The van der Waals surface area contributed by atoms with Crippen molar-refractivity contribution in [3.8, 4) is 6.07 Å². The number of nitrogens with two attached hydrogens (primary N) is 2. The van der Waals surface area contributed by atoms with Crippen molar-refractivity contribution in [2.75, 3.05) is 0 Å². The molecule has 31 heavy (non-hydrogen) atoms. The van der Waals surface area contributed by atoms with E-state index in [1.54, 1.807) is 0 Å². The number of nitrogens with zero attached hydrogens (tertiary/aromatic N) is 2. The summed E-state index contributed by atoms with van der Waals surface area (Å²) < 4.78 is 0. The minimum absolute atomic E-state index is 0.332. The molecule has 0 spiro atoms. The molecule has 1 aliphatic rings. The molecule has 0 saturated carbocycles. The van der Waals surface area contributed by atoms with Crippen LogP contribution in [0.25, 0.3) is 16.5 Å². The Morgan fingerprint density at radius 2 is 1.77 bits per heavy atom. The van der Waals surface area contributed by atoms with Crippen LogP contribution in [0.2, 0.25) is 5.02 Å². The van der Waals surface area contributed by atoms with E-state index >= 15 is 0 Å². The highest BCUT2D eigenvalue weighted by Gasteiger charge is 2.33. The van der Waals surface area contributed by atoms with Gasteiger partial charge in [0.15, 0.2) is 0 Å². The summed E-state index contributed by atoms with van der Waals surface area (Å²) in [7, 11) is 0. The van der Waals surface area contributed by atoms with Gasteiger partial charge in [0.25, 0.3) is 0 Å². The van der Waals surface area contributed by atoms with Crippen molar-refractivity contribution in [1.29, 1.82) is 5.26 Å². The molecule has 4 N–H and O–H groups in total. The maximum Gasteiger partial charge on any atom is 0.129 e. The Labute approximate surface area is 187 Å². The third-order valence-electron chi connectivity index (χ3n) is 5.59. The van der Waals surface area contributed by atoms with Crippen LogP contribution in [-0.2, 0) is 0 Å². The number of rotatable bonds is 4. The minimum Gasteiger partial charge on any atom is -0.398 e. The van der Waals surface area contributed by atoms with Gasteiger partial charge in [0.2, 0.25) is 0 Å². The molecule has 1 unspecified atom stereocenters. The topological polar surface area (TPSA) is 88.2 Å². The quantitative estimate of drug-likeness (QED) is 0.544. The lowest BCUT2D eigenvalue weighted by Gasteiger charge is -2.28. The van der Waals surface area contributed by atoms with Gasteiger partial charge in [0.1, 0.15) is 5.84 Å². The van der Waals surface area contributed by atoms with Crippen molar-refractivity contribution in [3.63, 3.8) is 0 Å². The predicted octanol–water partition coefficient (Wildman–Crippen LogP) is 5.90. The largest absolute Gasteiger partial charge is 0.398 e. The molecule has 0 radical (unpaired) electrons. The van der Waals surface area contributed by atoms with Crippen LogP contribution in [0.4, 0.5) is 0 Å². The van der Waals surface area contributed by atoms with Crippen molar-refractivity contribution in [2.45, 2.75) is 25.7 Å². The van der Waals surface area contributed by atoms with Gasteiger partial charge in [-0.05, 0) is 40.5 Å². The molecule has 1 aliphatic heterocycles. The van der Waals surface area contributed by atoms with E-state index in [0.29, 0.717) is 39.8 Å². The first-order chi connectivity index (χ1) is 15.0. The maximum atomic E-state index is 10.1. The van der Waals surface area contributed by atoms with Gasteiger partial charge in [-0.3, -0.25) is 0 Å². The molecule has 0 fully saturated rings. The van der Waals surface area contributed by atoms with Gasteiger partial charge < -0.3 is 11.5 Å². The Balaban J connectivity index is 1.98. The van der Waals surface area contributed by atoms with Crippen molar-refractivity contribution in [1.82, 2.24) is 0 Å². The van der Waals surface area contributed by atoms with Gasteiger partial charge in [0.05, 0.1) is 23.3 Å². The van der Waals surface area contributed by atoms with Crippen LogP contribution >= 0.6 is 11.6 Å². The molecule has 1 heterocycles. The third-order valence-corrected chi connectivity index (χ3v) is 5.94. The fourth-order valence-electron chi connectivity index (χ4n) is 4.11. The second-order valence-corrected chi connectivity index (χ2v) is 7.97. The number of hydrogen-bond donors (Lipinski definition) is 2. The van der Waals surface area contributed by atoms with Gasteiger partial charge >= 0.3 is 0 Å². The molecular weight excluding hydrogens is 404 g/mol. The molecule has 0 aliphatic carbocycles. The minimum atomic E-state index is -0.468. The van der Waals surface area contributed by atoms with Crippen LogP contribution in [0.15, 0.2) is 88.6 Å². The zero-order chi connectivity index (χ0) is 22.0. The monoisotopic (exact) mass is 426 g/mol. The molecule has 5 heteroatoms. The van der Waals surface area contributed by atoms with Gasteiger partial charge in [-0.15, -0.1) is 0 Å². The Morgan fingerprint density at radius 1 is 1.06 bits per heavy atom. The first-order valence-electron chi connectivity index (χ1n) is 10.3. The molecule has 0 bridgehead atoms. The number of fused-ring (bicyclic) bond motifs is 1. The standard InChI is InChI=1S/C26H23ClN4/c1-2-7-22-20(15-28)23(19-10-5-6-11-21(19)27)24(26(30)31-22)25(29)18-13-12-16-8-3-4-9-17(16)14-18/h3-6,8-14,23H,2,7,29H2,1H3,(H2,30,31). The Hall–Kier alpha value is -3.55. The summed E-state index contributed by atoms with van der Waals surface area (Å²) in [6.45, 7) is 2.05. The lowest BCUT2D eigenvalue weighted by molar-refractivity contribution is 0.838. The molecule has 154 valence electrons. The number of aliphatic imine (C=N–C) groups is 1. The lowest BCUT2D eigenvalue weighted by atomic mass is 9.79. The highest BCUT2D eigenvalue weighted by Crippen LogP contribution is 2.43. The van der Waals surface area contributed by atoms with Crippen LogP contribution in [0.1, 0.15) is 36.8 Å². The second-order valence-electron chi connectivity index (χ2n) is 7.56. The van der Waals surface area contributed by atoms with E-state index in [1.165, 1.54) is 0 Å². The van der Waals surface area contributed by atoms with E-state index in [0.717, 1.165) is 28.3 Å². The third kappa shape index (κ3) is 3.81. The molecule has 4 rings (SSSR count). The molecule has 0 aromatic heterocycles. The van der Waals surface area contributed by atoms with Crippen molar-refractivity contribution in [2.24, 2.45) is 16.5 Å². The summed E-state index contributed by atoms with van der Waals surface area (Å²) in [4.78, 5) is 4.59. The van der Waals surface area contributed by atoms with E-state index in [-0.39, 0.29) is 0 Å². The lowest BCUT2D eigenvalue weighted by Crippen LogP contribution is -2.28. The zero-order valence-electron chi connectivity index (χ0n) is 17.3. The summed E-state index contributed by atoms with van der Waals surface area (Å²) in [5.74, 6) is -0.137. The van der Waals surface area contributed by atoms with Gasteiger partial charge in [-0.1, -0.05) is 79.5 Å². The van der Waals surface area contributed by atoms with Crippen molar-refractivity contribution >= 4 is 33.9 Å². The van der Waals surface area contributed by atoms with E-state index < -0.39 is 5.92 Å². The van der Waals surface area contributed by atoms with E-state index in [4.69, 9.17) is 23.1 Å². The number of halogens is 1. The summed E-state index contributed by atoms with van der Waals surface area (Å²) in [5, 5.41) is 12.8. The molecule has 1 atom stereocenters. The molecule has 0 amide bonds. The second kappa shape index (κ2) is 8.67. The smallest absolute Gasteiger partial charge is 0.129 e. The fraction of sp³-hybridized carbons (Fsp3) is 0.154.